The Labute approximate surface area is 148 Å². The first-order valence-electron chi connectivity index (χ1n) is 8.44. The molecule has 0 spiro atoms. The molecule has 0 aliphatic carbocycles. The molecular formula is C19H18N2O5. The maximum atomic E-state index is 12.6. The van der Waals surface area contributed by atoms with Crippen LogP contribution in [0.1, 0.15) is 21.8 Å². The Bertz CT molecular complexity index is 1010. The molecule has 2 atom stereocenters. The minimum atomic E-state index is -0.650. The first-order chi connectivity index (χ1) is 12.6. The Hall–Kier alpha value is -2.93. The van der Waals surface area contributed by atoms with Crippen LogP contribution in [0.25, 0.3) is 11.0 Å². The lowest BCUT2D eigenvalue weighted by atomic mass is 9.98. The van der Waals surface area contributed by atoms with Crippen molar-refractivity contribution in [3.63, 3.8) is 0 Å². The van der Waals surface area contributed by atoms with Crippen molar-refractivity contribution in [1.82, 2.24) is 10.5 Å². The number of aromatic nitrogens is 1. The van der Waals surface area contributed by atoms with E-state index in [1.54, 1.807) is 24.3 Å². The molecule has 1 saturated heterocycles. The van der Waals surface area contributed by atoms with Crippen LogP contribution in [-0.4, -0.2) is 30.3 Å². The van der Waals surface area contributed by atoms with Crippen LogP contribution >= 0.6 is 0 Å². The SMILES string of the molecule is Cc1cc(C[C@@H]2COC[C@@H]2NC(=O)c2cc3ccccc3oc2=O)on1. The number of benzene rings is 1. The highest BCUT2D eigenvalue weighted by atomic mass is 16.5. The van der Waals surface area contributed by atoms with E-state index in [-0.39, 0.29) is 17.5 Å². The number of rotatable bonds is 4. The van der Waals surface area contributed by atoms with Gasteiger partial charge in [0, 0.05) is 23.8 Å². The average Bonchev–Trinajstić information content (AvgIpc) is 3.23. The second kappa shape index (κ2) is 6.76. The van der Waals surface area contributed by atoms with Gasteiger partial charge in [-0.25, -0.2) is 4.79 Å². The normalized spacial score (nSPS) is 19.7. The van der Waals surface area contributed by atoms with Crippen LogP contribution in [0.15, 0.2) is 50.1 Å². The second-order valence-corrected chi connectivity index (χ2v) is 6.50. The summed E-state index contributed by atoms with van der Waals surface area (Å²) in [6.07, 6.45) is 0.609. The number of carbonyl (C=O) groups is 1. The molecule has 0 radical (unpaired) electrons. The summed E-state index contributed by atoms with van der Waals surface area (Å²) in [5.74, 6) is 0.347. The highest BCUT2D eigenvalue weighted by Gasteiger charge is 2.31. The maximum absolute atomic E-state index is 12.6. The van der Waals surface area contributed by atoms with Gasteiger partial charge in [0.25, 0.3) is 5.91 Å². The molecule has 1 N–H and O–H groups in total. The number of para-hydroxylation sites is 1. The van der Waals surface area contributed by atoms with Gasteiger partial charge in [0.05, 0.1) is 24.9 Å². The van der Waals surface area contributed by atoms with Gasteiger partial charge in [0.15, 0.2) is 0 Å². The van der Waals surface area contributed by atoms with E-state index >= 15 is 0 Å². The number of ether oxygens (including phenoxy) is 1. The third kappa shape index (κ3) is 3.25. The fourth-order valence-corrected chi connectivity index (χ4v) is 3.20. The van der Waals surface area contributed by atoms with Crippen molar-refractivity contribution in [3.8, 4) is 0 Å². The smallest absolute Gasteiger partial charge is 0.349 e. The molecule has 1 aliphatic rings. The minimum Gasteiger partial charge on any atom is -0.422 e. The van der Waals surface area contributed by atoms with Crippen LogP contribution < -0.4 is 10.9 Å². The highest BCUT2D eigenvalue weighted by molar-refractivity contribution is 5.96. The number of hydrogen-bond acceptors (Lipinski definition) is 6. The number of aryl methyl sites for hydroxylation is 1. The standard InChI is InChI=1S/C19H18N2O5/c1-11-6-14(26-21-11)7-13-9-24-10-16(13)20-18(22)15-8-12-4-2-3-5-17(12)25-19(15)23/h2-6,8,13,16H,7,9-10H2,1H3,(H,20,22)/t13-,16+/m1/s1. The quantitative estimate of drug-likeness (QED) is 0.721. The average molecular weight is 354 g/mol. The van der Waals surface area contributed by atoms with Crippen molar-refractivity contribution in [2.75, 3.05) is 13.2 Å². The first-order valence-corrected chi connectivity index (χ1v) is 8.44. The van der Waals surface area contributed by atoms with Gasteiger partial charge >= 0.3 is 5.63 Å². The molecule has 4 rings (SSSR count). The summed E-state index contributed by atoms with van der Waals surface area (Å²) in [5.41, 5.74) is 0.609. The number of nitrogens with one attached hydrogen (secondary N) is 1. The lowest BCUT2D eigenvalue weighted by molar-refractivity contribution is 0.0921. The van der Waals surface area contributed by atoms with Crippen molar-refractivity contribution in [2.24, 2.45) is 5.92 Å². The van der Waals surface area contributed by atoms with Crippen LogP contribution in [0.2, 0.25) is 0 Å². The van der Waals surface area contributed by atoms with Gasteiger partial charge in [-0.2, -0.15) is 0 Å². The summed E-state index contributed by atoms with van der Waals surface area (Å²) in [5, 5.41) is 7.47. The molecule has 1 aliphatic heterocycles. The summed E-state index contributed by atoms with van der Waals surface area (Å²) >= 11 is 0. The number of hydrogen-bond donors (Lipinski definition) is 1. The Morgan fingerprint density at radius 3 is 2.92 bits per heavy atom. The van der Waals surface area contributed by atoms with E-state index in [0.717, 1.165) is 11.5 Å². The number of amides is 1. The van der Waals surface area contributed by atoms with Crippen LogP contribution in [0.5, 0.6) is 0 Å². The molecule has 0 saturated carbocycles. The monoisotopic (exact) mass is 354 g/mol. The largest absolute Gasteiger partial charge is 0.422 e. The van der Waals surface area contributed by atoms with E-state index in [1.807, 2.05) is 19.1 Å². The lowest BCUT2D eigenvalue weighted by Crippen LogP contribution is -2.42. The Morgan fingerprint density at radius 2 is 2.12 bits per heavy atom. The Balaban J connectivity index is 1.52. The van der Waals surface area contributed by atoms with Gasteiger partial charge < -0.3 is 19.0 Å². The Kier molecular flexibility index (Phi) is 4.30. The maximum Gasteiger partial charge on any atom is 0.349 e. The van der Waals surface area contributed by atoms with Crippen LogP contribution in [0.3, 0.4) is 0 Å². The molecule has 7 nitrogen and oxygen atoms in total. The number of nitrogens with zero attached hydrogens (tertiary/aromatic N) is 1. The molecule has 3 heterocycles. The molecule has 1 fully saturated rings. The van der Waals surface area contributed by atoms with Gasteiger partial charge in [-0.1, -0.05) is 23.4 Å². The summed E-state index contributed by atoms with van der Waals surface area (Å²) in [6, 6.07) is 10.3. The molecule has 0 bridgehead atoms. The van der Waals surface area contributed by atoms with Gasteiger partial charge in [-0.3, -0.25) is 4.79 Å². The van der Waals surface area contributed by atoms with E-state index < -0.39 is 11.5 Å². The van der Waals surface area contributed by atoms with E-state index in [4.69, 9.17) is 13.7 Å². The Morgan fingerprint density at radius 1 is 1.27 bits per heavy atom. The van der Waals surface area contributed by atoms with Crippen LogP contribution in [0, 0.1) is 12.8 Å². The summed E-state index contributed by atoms with van der Waals surface area (Å²) in [7, 11) is 0. The van der Waals surface area contributed by atoms with Crippen molar-refractivity contribution in [1.29, 1.82) is 0 Å². The second-order valence-electron chi connectivity index (χ2n) is 6.50. The molecule has 3 aromatic rings. The van der Waals surface area contributed by atoms with Crippen molar-refractivity contribution in [2.45, 2.75) is 19.4 Å². The third-order valence-corrected chi connectivity index (χ3v) is 4.54. The van der Waals surface area contributed by atoms with E-state index in [9.17, 15) is 9.59 Å². The van der Waals surface area contributed by atoms with Gasteiger partial charge in [-0.15, -0.1) is 0 Å². The lowest BCUT2D eigenvalue weighted by Gasteiger charge is -2.17. The van der Waals surface area contributed by atoms with E-state index in [2.05, 4.69) is 10.5 Å². The fraction of sp³-hybridized carbons (Fsp3) is 0.316. The predicted octanol–water partition coefficient (Wildman–Crippen LogP) is 2.08. The van der Waals surface area contributed by atoms with Gasteiger partial charge in [0.2, 0.25) is 0 Å². The summed E-state index contributed by atoms with van der Waals surface area (Å²) in [4.78, 5) is 24.7. The van der Waals surface area contributed by atoms with E-state index in [1.165, 1.54) is 0 Å². The fourth-order valence-electron chi connectivity index (χ4n) is 3.20. The number of carbonyl (C=O) groups excluding carboxylic acids is 1. The van der Waals surface area contributed by atoms with Crippen LogP contribution in [0.4, 0.5) is 0 Å². The predicted molar refractivity (Wildman–Crippen MR) is 93.0 cm³/mol. The molecule has 134 valence electrons. The van der Waals surface area contributed by atoms with Crippen LogP contribution in [-0.2, 0) is 11.2 Å². The zero-order valence-electron chi connectivity index (χ0n) is 14.2. The molecule has 7 heteroatoms. The zero-order valence-corrected chi connectivity index (χ0v) is 14.2. The van der Waals surface area contributed by atoms with Gasteiger partial charge in [0.1, 0.15) is 16.9 Å². The van der Waals surface area contributed by atoms with E-state index in [0.29, 0.717) is 30.6 Å². The third-order valence-electron chi connectivity index (χ3n) is 4.54. The summed E-state index contributed by atoms with van der Waals surface area (Å²) in [6.45, 7) is 2.76. The number of fused-ring (bicyclic) bond motifs is 1. The molecule has 26 heavy (non-hydrogen) atoms. The van der Waals surface area contributed by atoms with Crippen molar-refractivity contribution in [3.05, 3.63) is 63.8 Å². The minimum absolute atomic E-state index is 0.00939. The highest BCUT2D eigenvalue weighted by Crippen LogP contribution is 2.20. The first kappa shape index (κ1) is 16.5. The van der Waals surface area contributed by atoms with Crippen molar-refractivity contribution >= 4 is 16.9 Å². The summed E-state index contributed by atoms with van der Waals surface area (Å²) < 4.78 is 16.0. The molecular weight excluding hydrogens is 336 g/mol. The molecule has 0 unspecified atom stereocenters. The van der Waals surface area contributed by atoms with Gasteiger partial charge in [-0.05, 0) is 19.1 Å². The van der Waals surface area contributed by atoms with Crippen molar-refractivity contribution < 1.29 is 18.5 Å². The zero-order chi connectivity index (χ0) is 18.1. The molecule has 2 aromatic heterocycles. The topological polar surface area (TPSA) is 94.6 Å². The molecule has 1 amide bonds. The molecule has 1 aromatic carbocycles.